The van der Waals surface area contributed by atoms with Crippen molar-refractivity contribution in [3.63, 3.8) is 0 Å². The average molecular weight is 187 g/mol. The summed E-state index contributed by atoms with van der Waals surface area (Å²) in [7, 11) is 0. The molecule has 0 saturated carbocycles. The highest BCUT2D eigenvalue weighted by Gasteiger charge is 2.25. The summed E-state index contributed by atoms with van der Waals surface area (Å²) in [6.07, 6.45) is 0. The highest BCUT2D eigenvalue weighted by atomic mass is 16.5. The second-order valence-corrected chi connectivity index (χ2v) is 3.60. The van der Waals surface area contributed by atoms with Gasteiger partial charge in [0.2, 0.25) is 0 Å². The maximum Gasteiger partial charge on any atom is 0.341 e. The zero-order chi connectivity index (χ0) is 9.71. The number of aromatic amines is 1. The van der Waals surface area contributed by atoms with Crippen molar-refractivity contribution in [1.82, 2.24) is 4.98 Å². The molecular weight excluding hydrogens is 178 g/mol. The van der Waals surface area contributed by atoms with Crippen molar-refractivity contribution < 1.29 is 9.53 Å². The van der Waals surface area contributed by atoms with Crippen LogP contribution in [0.15, 0.2) is 18.2 Å². The molecule has 0 saturated heterocycles. The summed E-state index contributed by atoms with van der Waals surface area (Å²) in [5, 5.41) is 0.975. The highest BCUT2D eigenvalue weighted by molar-refractivity contribution is 6.07. The van der Waals surface area contributed by atoms with Gasteiger partial charge in [-0.3, -0.25) is 0 Å². The van der Waals surface area contributed by atoms with Gasteiger partial charge in [-0.2, -0.15) is 0 Å². The molecule has 0 atom stereocenters. The van der Waals surface area contributed by atoms with E-state index in [9.17, 15) is 4.79 Å². The van der Waals surface area contributed by atoms with E-state index in [0.717, 1.165) is 22.2 Å². The Balaban J connectivity index is 2.43. The summed E-state index contributed by atoms with van der Waals surface area (Å²) in [6.45, 7) is 2.39. The smallest absolute Gasteiger partial charge is 0.341 e. The van der Waals surface area contributed by atoms with Crippen LogP contribution in [0.2, 0.25) is 0 Å². The minimum Gasteiger partial charge on any atom is -0.456 e. The van der Waals surface area contributed by atoms with Gasteiger partial charge < -0.3 is 9.72 Å². The Labute approximate surface area is 80.7 Å². The third kappa shape index (κ3) is 0.839. The lowest BCUT2D eigenvalue weighted by molar-refractivity contribution is 0.0534. The van der Waals surface area contributed by atoms with Gasteiger partial charge in [0.25, 0.3) is 0 Å². The van der Waals surface area contributed by atoms with Crippen LogP contribution in [-0.4, -0.2) is 11.0 Å². The largest absolute Gasteiger partial charge is 0.456 e. The van der Waals surface area contributed by atoms with Gasteiger partial charge in [0, 0.05) is 10.9 Å². The maximum atomic E-state index is 11.4. The van der Waals surface area contributed by atoms with Crippen LogP contribution in [0.1, 0.15) is 21.6 Å². The number of hydrogen-bond donors (Lipinski definition) is 1. The molecule has 3 rings (SSSR count). The van der Waals surface area contributed by atoms with Gasteiger partial charge in [-0.25, -0.2) is 4.79 Å². The molecule has 1 aromatic carbocycles. The van der Waals surface area contributed by atoms with Gasteiger partial charge in [0.05, 0.1) is 11.3 Å². The van der Waals surface area contributed by atoms with Crippen LogP contribution in [0.4, 0.5) is 0 Å². The van der Waals surface area contributed by atoms with E-state index >= 15 is 0 Å². The van der Waals surface area contributed by atoms with E-state index < -0.39 is 0 Å². The molecule has 1 aliphatic heterocycles. The summed E-state index contributed by atoms with van der Waals surface area (Å²) in [4.78, 5) is 14.6. The summed E-state index contributed by atoms with van der Waals surface area (Å²) >= 11 is 0. The summed E-state index contributed by atoms with van der Waals surface area (Å²) < 4.78 is 4.94. The number of fused-ring (bicyclic) bond motifs is 3. The number of esters is 1. The zero-order valence-corrected chi connectivity index (χ0v) is 7.76. The highest BCUT2D eigenvalue weighted by Crippen LogP contribution is 2.28. The zero-order valence-electron chi connectivity index (χ0n) is 7.76. The molecule has 0 bridgehead atoms. The number of hydrogen-bond acceptors (Lipinski definition) is 2. The van der Waals surface area contributed by atoms with E-state index in [-0.39, 0.29) is 5.97 Å². The van der Waals surface area contributed by atoms with Crippen molar-refractivity contribution in [3.05, 3.63) is 35.0 Å². The number of rotatable bonds is 0. The molecule has 0 spiro atoms. The fourth-order valence-corrected chi connectivity index (χ4v) is 1.91. The lowest BCUT2D eigenvalue weighted by Gasteiger charge is -1.95. The quantitative estimate of drug-likeness (QED) is 0.642. The molecule has 1 N–H and O–H groups in total. The molecule has 0 amide bonds. The Morgan fingerprint density at radius 1 is 1.43 bits per heavy atom. The monoisotopic (exact) mass is 187 g/mol. The normalized spacial score (nSPS) is 14.5. The van der Waals surface area contributed by atoms with Gasteiger partial charge in [0.1, 0.15) is 6.61 Å². The number of aryl methyl sites for hydroxylation is 1. The molecule has 70 valence electrons. The van der Waals surface area contributed by atoms with E-state index in [2.05, 4.69) is 4.98 Å². The Hall–Kier alpha value is -1.77. The van der Waals surface area contributed by atoms with Crippen molar-refractivity contribution in [1.29, 1.82) is 0 Å². The molecule has 1 aliphatic rings. The standard InChI is InChI=1S/C11H9NO2/c1-6-2-3-8-7(4-6)10-9(12-8)5-14-11(10)13/h2-4,12H,5H2,1H3. The van der Waals surface area contributed by atoms with E-state index in [1.54, 1.807) is 0 Å². The fraction of sp³-hybridized carbons (Fsp3) is 0.182. The van der Waals surface area contributed by atoms with Gasteiger partial charge in [-0.1, -0.05) is 11.6 Å². The molecule has 2 heterocycles. The van der Waals surface area contributed by atoms with E-state index in [1.165, 1.54) is 0 Å². The molecule has 14 heavy (non-hydrogen) atoms. The number of aromatic nitrogens is 1. The predicted molar refractivity (Wildman–Crippen MR) is 52.2 cm³/mol. The molecule has 1 aromatic heterocycles. The third-order valence-electron chi connectivity index (χ3n) is 2.58. The predicted octanol–water partition coefficient (Wildman–Crippen LogP) is 2.15. The molecule has 2 aromatic rings. The van der Waals surface area contributed by atoms with Crippen LogP contribution in [0.25, 0.3) is 10.9 Å². The van der Waals surface area contributed by atoms with Crippen LogP contribution in [-0.2, 0) is 11.3 Å². The molecule has 0 aliphatic carbocycles. The fourth-order valence-electron chi connectivity index (χ4n) is 1.91. The number of carbonyl (C=O) groups excluding carboxylic acids is 1. The van der Waals surface area contributed by atoms with E-state index in [1.807, 2.05) is 25.1 Å². The number of carbonyl (C=O) groups is 1. The molecule has 3 heteroatoms. The van der Waals surface area contributed by atoms with Gasteiger partial charge in [0.15, 0.2) is 0 Å². The number of cyclic esters (lactones) is 1. The Morgan fingerprint density at radius 2 is 2.29 bits per heavy atom. The van der Waals surface area contributed by atoms with Gasteiger partial charge >= 0.3 is 5.97 Å². The lowest BCUT2D eigenvalue weighted by atomic mass is 10.1. The Bertz CT molecular complexity index is 539. The van der Waals surface area contributed by atoms with Crippen molar-refractivity contribution in [2.75, 3.05) is 0 Å². The molecular formula is C11H9NO2. The van der Waals surface area contributed by atoms with Crippen molar-refractivity contribution in [2.45, 2.75) is 13.5 Å². The summed E-state index contributed by atoms with van der Waals surface area (Å²) in [6, 6.07) is 6.03. The van der Waals surface area contributed by atoms with E-state index in [0.29, 0.717) is 12.2 Å². The second-order valence-electron chi connectivity index (χ2n) is 3.60. The number of ether oxygens (including phenoxy) is 1. The number of nitrogens with one attached hydrogen (secondary N) is 1. The molecule has 0 fully saturated rings. The molecule has 0 unspecified atom stereocenters. The van der Waals surface area contributed by atoms with Crippen LogP contribution < -0.4 is 0 Å². The SMILES string of the molecule is Cc1ccc2[nH]c3c(c2c1)C(=O)OC3. The van der Waals surface area contributed by atoms with Crippen LogP contribution in [0.5, 0.6) is 0 Å². The minimum absolute atomic E-state index is 0.211. The van der Waals surface area contributed by atoms with Crippen LogP contribution >= 0.6 is 0 Å². The second kappa shape index (κ2) is 2.38. The summed E-state index contributed by atoms with van der Waals surface area (Å²) in [5.41, 5.74) is 3.77. The van der Waals surface area contributed by atoms with Crippen molar-refractivity contribution in [3.8, 4) is 0 Å². The topological polar surface area (TPSA) is 42.1 Å². The van der Waals surface area contributed by atoms with Crippen LogP contribution in [0, 0.1) is 6.92 Å². The van der Waals surface area contributed by atoms with Gasteiger partial charge in [-0.05, 0) is 19.1 Å². The first-order chi connectivity index (χ1) is 6.75. The Kier molecular flexibility index (Phi) is 1.29. The maximum absolute atomic E-state index is 11.4. The van der Waals surface area contributed by atoms with Gasteiger partial charge in [-0.15, -0.1) is 0 Å². The molecule has 3 nitrogen and oxygen atoms in total. The van der Waals surface area contributed by atoms with Crippen molar-refractivity contribution in [2.24, 2.45) is 0 Å². The minimum atomic E-state index is -0.211. The number of benzene rings is 1. The third-order valence-corrected chi connectivity index (χ3v) is 2.58. The molecule has 0 radical (unpaired) electrons. The van der Waals surface area contributed by atoms with E-state index in [4.69, 9.17) is 4.74 Å². The first-order valence-electron chi connectivity index (χ1n) is 4.54. The first-order valence-corrected chi connectivity index (χ1v) is 4.54. The Morgan fingerprint density at radius 3 is 3.14 bits per heavy atom. The lowest BCUT2D eigenvalue weighted by Crippen LogP contribution is -1.93. The summed E-state index contributed by atoms with van der Waals surface area (Å²) in [5.74, 6) is -0.211. The first kappa shape index (κ1) is 7.62. The average Bonchev–Trinajstić information content (AvgIpc) is 2.67. The van der Waals surface area contributed by atoms with Crippen LogP contribution in [0.3, 0.4) is 0 Å². The number of H-pyrrole nitrogens is 1. The van der Waals surface area contributed by atoms with Crippen molar-refractivity contribution >= 4 is 16.9 Å².